The minimum absolute atomic E-state index is 0.745. The molecular weight excluding hydrogens is 248 g/mol. The topological polar surface area (TPSA) is 38.0 Å². The van der Waals surface area contributed by atoms with Crippen LogP contribution in [0.2, 0.25) is 0 Å². The summed E-state index contributed by atoms with van der Waals surface area (Å²) in [6.07, 6.45) is 1.70. The molecule has 0 fully saturated rings. The highest BCUT2D eigenvalue weighted by Gasteiger charge is 2.35. The van der Waals surface area contributed by atoms with Crippen LogP contribution in [0.3, 0.4) is 0 Å². The fourth-order valence-corrected chi connectivity index (χ4v) is 2.55. The smallest absolute Gasteiger partial charge is 0.156 e. The fraction of sp³-hybridized carbons (Fsp3) is 0.118. The lowest BCUT2D eigenvalue weighted by Gasteiger charge is -2.29. The van der Waals surface area contributed by atoms with Crippen molar-refractivity contribution in [2.75, 3.05) is 0 Å². The van der Waals surface area contributed by atoms with Crippen LogP contribution in [-0.4, -0.2) is 14.9 Å². The molecule has 1 N–H and O–H groups in total. The zero-order valence-electron chi connectivity index (χ0n) is 11.3. The summed E-state index contributed by atoms with van der Waals surface area (Å²) >= 11 is 0. The van der Waals surface area contributed by atoms with Crippen LogP contribution in [0.1, 0.15) is 16.8 Å². The molecule has 3 nitrogen and oxygen atoms in total. The Labute approximate surface area is 118 Å². The Kier molecular flexibility index (Phi) is 3.12. The van der Waals surface area contributed by atoms with Crippen molar-refractivity contribution in [1.82, 2.24) is 9.78 Å². The normalized spacial score (nSPS) is 11.5. The second-order valence-electron chi connectivity index (χ2n) is 4.78. The molecule has 1 heterocycles. The standard InChI is InChI=1S/C17H16N2O/c1-19-16(12-13-18-19)17(20,14-8-4-2-5-9-14)15-10-6-3-7-11-15/h2-13,20H,1H3. The van der Waals surface area contributed by atoms with Crippen LogP contribution < -0.4 is 0 Å². The maximum Gasteiger partial charge on any atom is 0.156 e. The number of aryl methyl sites for hydroxylation is 1. The maximum atomic E-state index is 11.4. The SMILES string of the molecule is Cn1nccc1C(O)(c1ccccc1)c1ccccc1. The largest absolute Gasteiger partial charge is 0.374 e. The van der Waals surface area contributed by atoms with E-state index < -0.39 is 5.60 Å². The molecule has 0 atom stereocenters. The van der Waals surface area contributed by atoms with E-state index in [4.69, 9.17) is 0 Å². The average molecular weight is 264 g/mol. The highest BCUT2D eigenvalue weighted by Crippen LogP contribution is 2.35. The fourth-order valence-electron chi connectivity index (χ4n) is 2.55. The Morgan fingerprint density at radius 2 is 1.35 bits per heavy atom. The van der Waals surface area contributed by atoms with Crippen LogP contribution in [0.15, 0.2) is 72.9 Å². The molecule has 0 amide bonds. The predicted octanol–water partition coefficient (Wildman–Crippen LogP) is 2.70. The molecule has 3 aromatic rings. The van der Waals surface area contributed by atoms with Crippen LogP contribution in [0.25, 0.3) is 0 Å². The molecule has 2 aromatic carbocycles. The Morgan fingerprint density at radius 3 is 1.75 bits per heavy atom. The van der Waals surface area contributed by atoms with E-state index in [1.807, 2.05) is 73.8 Å². The minimum atomic E-state index is -1.20. The summed E-state index contributed by atoms with van der Waals surface area (Å²) < 4.78 is 1.71. The van der Waals surface area contributed by atoms with E-state index in [0.717, 1.165) is 16.8 Å². The third-order valence-corrected chi connectivity index (χ3v) is 3.57. The molecule has 0 aliphatic rings. The second kappa shape index (κ2) is 4.94. The van der Waals surface area contributed by atoms with Gasteiger partial charge in [0.2, 0.25) is 0 Å². The molecule has 0 aliphatic heterocycles. The molecule has 0 aliphatic carbocycles. The van der Waals surface area contributed by atoms with Crippen LogP contribution in [0.4, 0.5) is 0 Å². The van der Waals surface area contributed by atoms with E-state index in [-0.39, 0.29) is 0 Å². The summed E-state index contributed by atoms with van der Waals surface area (Å²) in [4.78, 5) is 0. The zero-order chi connectivity index (χ0) is 14.0. The van der Waals surface area contributed by atoms with Gasteiger partial charge in [-0.25, -0.2) is 0 Å². The molecule has 100 valence electrons. The number of hydrogen-bond acceptors (Lipinski definition) is 2. The van der Waals surface area contributed by atoms with Crippen molar-refractivity contribution >= 4 is 0 Å². The number of aromatic nitrogens is 2. The second-order valence-corrected chi connectivity index (χ2v) is 4.78. The van der Waals surface area contributed by atoms with E-state index in [1.54, 1.807) is 10.9 Å². The molecule has 20 heavy (non-hydrogen) atoms. The van der Waals surface area contributed by atoms with Crippen molar-refractivity contribution in [3.8, 4) is 0 Å². The molecule has 0 bridgehead atoms. The zero-order valence-corrected chi connectivity index (χ0v) is 11.3. The van der Waals surface area contributed by atoms with Gasteiger partial charge in [-0.15, -0.1) is 0 Å². The Hall–Kier alpha value is -2.39. The monoisotopic (exact) mass is 264 g/mol. The van der Waals surface area contributed by atoms with Crippen LogP contribution in [0, 0.1) is 0 Å². The van der Waals surface area contributed by atoms with Gasteiger partial charge in [0.1, 0.15) is 0 Å². The lowest BCUT2D eigenvalue weighted by Crippen LogP contribution is -2.31. The van der Waals surface area contributed by atoms with E-state index in [9.17, 15) is 5.11 Å². The Morgan fingerprint density at radius 1 is 0.850 bits per heavy atom. The van der Waals surface area contributed by atoms with Crippen molar-refractivity contribution in [3.63, 3.8) is 0 Å². The molecule has 3 rings (SSSR count). The molecule has 0 spiro atoms. The molecule has 0 unspecified atom stereocenters. The van der Waals surface area contributed by atoms with Gasteiger partial charge in [-0.05, 0) is 17.2 Å². The van der Waals surface area contributed by atoms with E-state index >= 15 is 0 Å². The first kappa shape index (κ1) is 12.6. The predicted molar refractivity (Wildman–Crippen MR) is 78.2 cm³/mol. The van der Waals surface area contributed by atoms with Crippen LogP contribution in [0.5, 0.6) is 0 Å². The van der Waals surface area contributed by atoms with E-state index in [0.29, 0.717) is 0 Å². The number of nitrogens with zero attached hydrogens (tertiary/aromatic N) is 2. The van der Waals surface area contributed by atoms with Crippen LogP contribution >= 0.6 is 0 Å². The Balaban J connectivity index is 2.27. The highest BCUT2D eigenvalue weighted by molar-refractivity contribution is 5.44. The molecular formula is C17H16N2O. The van der Waals surface area contributed by atoms with Gasteiger partial charge in [-0.2, -0.15) is 5.10 Å². The van der Waals surface area contributed by atoms with Gasteiger partial charge < -0.3 is 5.11 Å². The van der Waals surface area contributed by atoms with Gasteiger partial charge in [0, 0.05) is 13.2 Å². The van der Waals surface area contributed by atoms with Crippen molar-refractivity contribution in [1.29, 1.82) is 0 Å². The molecule has 0 radical (unpaired) electrons. The van der Waals surface area contributed by atoms with Crippen molar-refractivity contribution < 1.29 is 5.11 Å². The summed E-state index contributed by atoms with van der Waals surface area (Å²) in [5.41, 5.74) is 1.20. The maximum absolute atomic E-state index is 11.4. The lowest BCUT2D eigenvalue weighted by molar-refractivity contribution is 0.116. The number of benzene rings is 2. The highest BCUT2D eigenvalue weighted by atomic mass is 16.3. The van der Waals surface area contributed by atoms with Gasteiger partial charge in [-0.1, -0.05) is 60.7 Å². The summed E-state index contributed by atoms with van der Waals surface area (Å²) in [6.45, 7) is 0. The van der Waals surface area contributed by atoms with Gasteiger partial charge in [0.05, 0.1) is 5.69 Å². The van der Waals surface area contributed by atoms with E-state index in [1.165, 1.54) is 0 Å². The molecule has 1 aromatic heterocycles. The van der Waals surface area contributed by atoms with Gasteiger partial charge in [0.25, 0.3) is 0 Å². The summed E-state index contributed by atoms with van der Waals surface area (Å²) in [5.74, 6) is 0. The summed E-state index contributed by atoms with van der Waals surface area (Å²) in [7, 11) is 1.84. The third-order valence-electron chi connectivity index (χ3n) is 3.57. The average Bonchev–Trinajstić information content (AvgIpc) is 2.95. The number of aliphatic hydroxyl groups is 1. The molecule has 3 heteroatoms. The van der Waals surface area contributed by atoms with Crippen molar-refractivity contribution in [2.45, 2.75) is 5.60 Å². The first-order valence-electron chi connectivity index (χ1n) is 6.55. The van der Waals surface area contributed by atoms with Gasteiger partial charge in [0.15, 0.2) is 5.60 Å². The first-order chi connectivity index (χ1) is 9.73. The van der Waals surface area contributed by atoms with Gasteiger partial charge >= 0.3 is 0 Å². The van der Waals surface area contributed by atoms with E-state index in [2.05, 4.69) is 5.10 Å². The first-order valence-corrected chi connectivity index (χ1v) is 6.55. The van der Waals surface area contributed by atoms with Crippen molar-refractivity contribution in [3.05, 3.63) is 89.7 Å². The quantitative estimate of drug-likeness (QED) is 0.790. The Bertz CT molecular complexity index is 650. The minimum Gasteiger partial charge on any atom is -0.374 e. The number of hydrogen-bond donors (Lipinski definition) is 1. The third kappa shape index (κ3) is 1.92. The summed E-state index contributed by atoms with van der Waals surface area (Å²) in [6, 6.07) is 21.2. The van der Waals surface area contributed by atoms with Crippen LogP contribution in [-0.2, 0) is 12.6 Å². The molecule has 0 saturated carbocycles. The molecule has 0 saturated heterocycles. The lowest BCUT2D eigenvalue weighted by atomic mass is 9.83. The van der Waals surface area contributed by atoms with Crippen molar-refractivity contribution in [2.24, 2.45) is 7.05 Å². The number of rotatable bonds is 3. The van der Waals surface area contributed by atoms with Gasteiger partial charge in [-0.3, -0.25) is 4.68 Å². The summed E-state index contributed by atoms with van der Waals surface area (Å²) in [5, 5.41) is 15.6.